The van der Waals surface area contributed by atoms with Crippen molar-refractivity contribution in [1.82, 2.24) is 25.7 Å². The van der Waals surface area contributed by atoms with Crippen molar-refractivity contribution in [3.05, 3.63) is 95.3 Å². The number of aromatic nitrogens is 4. The maximum atomic E-state index is 12.5. The van der Waals surface area contributed by atoms with E-state index in [0.29, 0.717) is 24.1 Å². The van der Waals surface area contributed by atoms with E-state index in [0.717, 1.165) is 67.6 Å². The van der Waals surface area contributed by atoms with E-state index in [1.807, 2.05) is 61.5 Å². The van der Waals surface area contributed by atoms with Crippen molar-refractivity contribution in [2.45, 2.75) is 71.8 Å². The van der Waals surface area contributed by atoms with Crippen LogP contribution in [0.1, 0.15) is 81.3 Å². The smallest absolute Gasteiger partial charge is 0.319 e. The molecule has 12 nitrogen and oxygen atoms in total. The lowest BCUT2D eigenvalue weighted by atomic mass is 9.95. The zero-order valence-electron chi connectivity index (χ0n) is 30.1. The average Bonchev–Trinajstić information content (AvgIpc) is 3.61. The number of carbonyl (C=O) groups is 2. The Morgan fingerprint density at radius 2 is 1.25 bits per heavy atom. The van der Waals surface area contributed by atoms with Crippen LogP contribution in [-0.2, 0) is 4.79 Å². The third-order valence-electron chi connectivity index (χ3n) is 9.27. The number of piperidine rings is 1. The Kier molecular flexibility index (Phi) is 12.5. The van der Waals surface area contributed by atoms with Gasteiger partial charge in [-0.3, -0.25) is 4.79 Å². The molecule has 1 atom stereocenters. The SMILES string of the molecule is CC(C)c1ccc(NC(=O)N[C@H]2CCN(c3ccc(C#N)nn3)C2)cc1.Cc1ccc(N2CCC(C(=O)Nc3ccc(C(C)C)cc3)CC2)nn1. The van der Waals surface area contributed by atoms with E-state index >= 15 is 0 Å². The van der Waals surface area contributed by atoms with Gasteiger partial charge >= 0.3 is 6.03 Å². The first-order valence-electron chi connectivity index (χ1n) is 17.7. The van der Waals surface area contributed by atoms with Gasteiger partial charge in [0.1, 0.15) is 6.07 Å². The molecule has 3 amide bonds. The van der Waals surface area contributed by atoms with Crippen molar-refractivity contribution in [1.29, 1.82) is 5.26 Å². The van der Waals surface area contributed by atoms with Crippen LogP contribution in [-0.4, -0.2) is 64.6 Å². The van der Waals surface area contributed by atoms with Crippen LogP contribution in [0.2, 0.25) is 0 Å². The van der Waals surface area contributed by atoms with Gasteiger partial charge in [-0.1, -0.05) is 52.0 Å². The lowest BCUT2D eigenvalue weighted by molar-refractivity contribution is -0.120. The molecular weight excluding hydrogens is 640 g/mol. The molecule has 3 N–H and O–H groups in total. The summed E-state index contributed by atoms with van der Waals surface area (Å²) < 4.78 is 0. The van der Waals surface area contributed by atoms with E-state index in [1.54, 1.807) is 12.1 Å². The minimum absolute atomic E-state index is 0.0439. The van der Waals surface area contributed by atoms with Crippen molar-refractivity contribution in [2.24, 2.45) is 5.92 Å². The lowest BCUT2D eigenvalue weighted by Crippen LogP contribution is -2.39. The topological polar surface area (TPSA) is 152 Å². The van der Waals surface area contributed by atoms with Gasteiger partial charge in [0, 0.05) is 49.5 Å². The van der Waals surface area contributed by atoms with Crippen molar-refractivity contribution in [2.75, 3.05) is 46.6 Å². The largest absolute Gasteiger partial charge is 0.355 e. The standard InChI is InChI=1S/C20H26N4O.C19H22N6O/c1-14(2)16-5-7-18(8-6-16)21-20(25)17-10-12-24(13-11-17)19-9-4-15(3)22-23-19;1-13(2)14-3-5-15(6-4-14)21-19(26)22-17-9-10-25(12-17)18-8-7-16(11-20)23-24-18/h4-9,14,17H,10-13H2,1-3H3,(H,21,25);3-8,13,17H,9-10,12H2,1-2H3,(H2,21,22,26)/t;17-/m.0/s1. The number of anilines is 4. The van der Waals surface area contributed by atoms with Crippen molar-refractivity contribution >= 4 is 34.9 Å². The number of nitrogens with one attached hydrogen (secondary N) is 3. The summed E-state index contributed by atoms with van der Waals surface area (Å²) in [7, 11) is 0. The van der Waals surface area contributed by atoms with Gasteiger partial charge < -0.3 is 25.8 Å². The third kappa shape index (κ3) is 10.5. The molecule has 2 fully saturated rings. The van der Waals surface area contributed by atoms with Crippen LogP contribution in [0.4, 0.5) is 27.8 Å². The number of hydrogen-bond acceptors (Lipinski definition) is 9. The molecule has 2 aliphatic heterocycles. The molecule has 2 aromatic carbocycles. The van der Waals surface area contributed by atoms with Crippen LogP contribution in [0, 0.1) is 24.2 Å². The predicted octanol–water partition coefficient (Wildman–Crippen LogP) is 6.64. The number of hydrogen-bond donors (Lipinski definition) is 3. The quantitative estimate of drug-likeness (QED) is 0.185. The van der Waals surface area contributed by atoms with Gasteiger partial charge in [-0.25, -0.2) is 4.79 Å². The summed E-state index contributed by atoms with van der Waals surface area (Å²) >= 11 is 0. The van der Waals surface area contributed by atoms with Crippen molar-refractivity contribution in [3.63, 3.8) is 0 Å². The monoisotopic (exact) mass is 688 g/mol. The molecule has 0 saturated carbocycles. The molecule has 0 bridgehead atoms. The van der Waals surface area contributed by atoms with Gasteiger partial charge in [0.15, 0.2) is 17.3 Å². The fourth-order valence-corrected chi connectivity index (χ4v) is 6.07. The Morgan fingerprint density at radius 3 is 1.78 bits per heavy atom. The van der Waals surface area contributed by atoms with E-state index < -0.39 is 0 Å². The molecule has 0 radical (unpaired) electrons. The van der Waals surface area contributed by atoms with Crippen LogP contribution < -0.4 is 25.8 Å². The fraction of sp³-hybridized carbons (Fsp3) is 0.410. The molecule has 0 aliphatic carbocycles. The first-order valence-corrected chi connectivity index (χ1v) is 17.7. The van der Waals surface area contributed by atoms with Gasteiger partial charge in [-0.15, -0.1) is 15.3 Å². The summed E-state index contributed by atoms with van der Waals surface area (Å²) in [6, 6.07) is 25.2. The normalized spacial score (nSPS) is 15.9. The highest BCUT2D eigenvalue weighted by Gasteiger charge is 2.27. The Hall–Kier alpha value is -5.57. The molecule has 266 valence electrons. The average molecular weight is 689 g/mol. The van der Waals surface area contributed by atoms with Crippen LogP contribution >= 0.6 is 0 Å². The molecular formula is C39H48N10O2. The number of aryl methyl sites for hydroxylation is 1. The van der Waals surface area contributed by atoms with Gasteiger partial charge in [0.2, 0.25) is 5.91 Å². The van der Waals surface area contributed by atoms with Crippen LogP contribution in [0.5, 0.6) is 0 Å². The minimum atomic E-state index is -0.208. The number of rotatable bonds is 8. The maximum absolute atomic E-state index is 12.5. The molecule has 4 heterocycles. The second-order valence-electron chi connectivity index (χ2n) is 13.8. The molecule has 2 aliphatic rings. The van der Waals surface area contributed by atoms with E-state index in [-0.39, 0.29) is 23.9 Å². The summed E-state index contributed by atoms with van der Waals surface area (Å²) in [5.41, 5.74) is 5.39. The third-order valence-corrected chi connectivity index (χ3v) is 9.27. The summed E-state index contributed by atoms with van der Waals surface area (Å²) in [4.78, 5) is 29.0. The van der Waals surface area contributed by atoms with Crippen molar-refractivity contribution < 1.29 is 9.59 Å². The minimum Gasteiger partial charge on any atom is -0.355 e. The molecule has 6 rings (SSSR count). The highest BCUT2D eigenvalue weighted by molar-refractivity contribution is 5.92. The number of amides is 3. The molecule has 0 unspecified atom stereocenters. The predicted molar refractivity (Wildman–Crippen MR) is 201 cm³/mol. The van der Waals surface area contributed by atoms with E-state index in [1.165, 1.54) is 11.1 Å². The molecule has 12 heteroatoms. The van der Waals surface area contributed by atoms with Gasteiger partial charge in [-0.05, 0) is 97.7 Å². The summed E-state index contributed by atoms with van der Waals surface area (Å²) in [5.74, 6) is 2.75. The summed E-state index contributed by atoms with van der Waals surface area (Å²) in [5, 5.41) is 34.0. The zero-order valence-corrected chi connectivity index (χ0v) is 30.1. The Balaban J connectivity index is 0.000000198. The van der Waals surface area contributed by atoms with Crippen molar-refractivity contribution in [3.8, 4) is 6.07 Å². The molecule has 0 spiro atoms. The highest BCUT2D eigenvalue weighted by Crippen LogP contribution is 2.24. The number of benzene rings is 2. The number of urea groups is 1. The first-order chi connectivity index (χ1) is 24.6. The summed E-state index contributed by atoms with van der Waals surface area (Å²) in [6.45, 7) is 13.7. The van der Waals surface area contributed by atoms with Gasteiger partial charge in [0.25, 0.3) is 0 Å². The Labute approximate surface area is 300 Å². The van der Waals surface area contributed by atoms with Gasteiger partial charge in [0.05, 0.1) is 5.69 Å². The number of nitriles is 1. The van der Waals surface area contributed by atoms with Crippen LogP contribution in [0.15, 0.2) is 72.8 Å². The van der Waals surface area contributed by atoms with Gasteiger partial charge in [-0.2, -0.15) is 10.4 Å². The number of nitrogens with zero attached hydrogens (tertiary/aromatic N) is 7. The Morgan fingerprint density at radius 1 is 0.706 bits per heavy atom. The van der Waals surface area contributed by atoms with Crippen LogP contribution in [0.3, 0.4) is 0 Å². The lowest BCUT2D eigenvalue weighted by Gasteiger charge is -2.31. The Bertz CT molecular complexity index is 1760. The fourth-order valence-electron chi connectivity index (χ4n) is 6.07. The molecule has 4 aromatic rings. The maximum Gasteiger partial charge on any atom is 0.319 e. The molecule has 51 heavy (non-hydrogen) atoms. The van der Waals surface area contributed by atoms with E-state index in [9.17, 15) is 9.59 Å². The van der Waals surface area contributed by atoms with Crippen LogP contribution in [0.25, 0.3) is 0 Å². The second kappa shape index (κ2) is 17.4. The highest BCUT2D eigenvalue weighted by atomic mass is 16.2. The van der Waals surface area contributed by atoms with E-state index in [4.69, 9.17) is 5.26 Å². The molecule has 2 aromatic heterocycles. The zero-order chi connectivity index (χ0) is 36.3. The number of carbonyl (C=O) groups excluding carboxylic acids is 2. The second-order valence-corrected chi connectivity index (χ2v) is 13.8. The molecule has 2 saturated heterocycles. The first kappa shape index (κ1) is 36.7. The summed E-state index contributed by atoms with van der Waals surface area (Å²) in [6.07, 6.45) is 2.51. The van der Waals surface area contributed by atoms with E-state index in [2.05, 4.69) is 86.0 Å².